The second-order valence-electron chi connectivity index (χ2n) is 5.31. The van der Waals surface area contributed by atoms with Crippen molar-refractivity contribution in [1.29, 1.82) is 0 Å². The van der Waals surface area contributed by atoms with E-state index in [1.807, 2.05) is 0 Å². The minimum Gasteiger partial charge on any atom is -0.381 e. The highest BCUT2D eigenvalue weighted by Gasteiger charge is 2.20. The van der Waals surface area contributed by atoms with E-state index in [4.69, 9.17) is 15.4 Å². The van der Waals surface area contributed by atoms with Crippen LogP contribution in [0.4, 0.5) is 0 Å². The van der Waals surface area contributed by atoms with Gasteiger partial charge in [0.1, 0.15) is 0 Å². The third-order valence-corrected chi connectivity index (χ3v) is 5.07. The summed E-state index contributed by atoms with van der Waals surface area (Å²) in [5.41, 5.74) is 1.58. The maximum atomic E-state index is 12.2. The molecule has 0 saturated carbocycles. The van der Waals surface area contributed by atoms with E-state index < -0.39 is 9.05 Å². The molecule has 116 valence electrons. The van der Waals surface area contributed by atoms with E-state index in [-0.39, 0.29) is 10.8 Å². The molecule has 7 heteroatoms. The Kier molecular flexibility index (Phi) is 4.91. The maximum absolute atomic E-state index is 12.2. The summed E-state index contributed by atoms with van der Waals surface area (Å²) in [6.45, 7) is 5.31. The van der Waals surface area contributed by atoms with E-state index in [2.05, 4.69) is 5.32 Å². The van der Waals surface area contributed by atoms with Gasteiger partial charge in [0.2, 0.25) is 0 Å². The molecular formula is C14H18ClNO4S. The van der Waals surface area contributed by atoms with E-state index in [0.29, 0.717) is 30.2 Å². The number of hydrogen-bond donors (Lipinski definition) is 1. The Bertz CT molecular complexity index is 651. The minimum absolute atomic E-state index is 0.0240. The summed E-state index contributed by atoms with van der Waals surface area (Å²) >= 11 is 0. The molecule has 0 aromatic heterocycles. The molecule has 1 fully saturated rings. The van der Waals surface area contributed by atoms with Crippen molar-refractivity contribution in [3.63, 3.8) is 0 Å². The fourth-order valence-corrected chi connectivity index (χ4v) is 3.62. The zero-order chi connectivity index (χ0) is 15.6. The molecule has 1 aliphatic heterocycles. The molecule has 0 aliphatic carbocycles. The van der Waals surface area contributed by atoms with Crippen molar-refractivity contribution < 1.29 is 17.9 Å². The summed E-state index contributed by atoms with van der Waals surface area (Å²) in [4.78, 5) is 12.2. The Hall–Kier alpha value is -1.11. The van der Waals surface area contributed by atoms with Gasteiger partial charge in [-0.2, -0.15) is 0 Å². The molecule has 21 heavy (non-hydrogen) atoms. The second-order valence-corrected chi connectivity index (χ2v) is 7.84. The van der Waals surface area contributed by atoms with Crippen molar-refractivity contribution in [3.8, 4) is 0 Å². The van der Waals surface area contributed by atoms with Crippen LogP contribution < -0.4 is 5.32 Å². The Morgan fingerprint density at radius 2 is 2.10 bits per heavy atom. The summed E-state index contributed by atoms with van der Waals surface area (Å²) in [6.07, 6.45) is 0.925. The van der Waals surface area contributed by atoms with Crippen molar-refractivity contribution in [2.75, 3.05) is 19.8 Å². The fourth-order valence-electron chi connectivity index (χ4n) is 2.42. The number of carbonyl (C=O) groups is 1. The molecule has 1 saturated heterocycles. The van der Waals surface area contributed by atoms with Crippen LogP contribution in [0.15, 0.2) is 17.0 Å². The molecule has 1 amide bonds. The summed E-state index contributed by atoms with van der Waals surface area (Å²) < 4.78 is 28.3. The molecule has 1 atom stereocenters. The van der Waals surface area contributed by atoms with Crippen molar-refractivity contribution >= 4 is 25.6 Å². The van der Waals surface area contributed by atoms with Gasteiger partial charge in [0.05, 0.1) is 11.5 Å². The Morgan fingerprint density at radius 3 is 2.67 bits per heavy atom. The van der Waals surface area contributed by atoms with Crippen molar-refractivity contribution in [2.24, 2.45) is 5.92 Å². The van der Waals surface area contributed by atoms with Crippen LogP contribution in [0.5, 0.6) is 0 Å². The average molecular weight is 332 g/mol. The molecule has 0 bridgehead atoms. The lowest BCUT2D eigenvalue weighted by atomic mass is 10.0. The smallest absolute Gasteiger partial charge is 0.261 e. The predicted octanol–water partition coefficient (Wildman–Crippen LogP) is 2.00. The Morgan fingerprint density at radius 1 is 1.38 bits per heavy atom. The van der Waals surface area contributed by atoms with Crippen LogP contribution in [0.25, 0.3) is 0 Å². The molecule has 0 spiro atoms. The van der Waals surface area contributed by atoms with Crippen LogP contribution in [0, 0.1) is 19.8 Å². The molecule has 1 aliphatic rings. The highest BCUT2D eigenvalue weighted by Crippen LogP contribution is 2.23. The molecule has 1 heterocycles. The minimum atomic E-state index is -3.86. The number of amides is 1. The van der Waals surface area contributed by atoms with Crippen molar-refractivity contribution in [1.82, 2.24) is 5.32 Å². The number of nitrogens with one attached hydrogen (secondary N) is 1. The Balaban J connectivity index is 2.20. The number of ether oxygens (including phenoxy) is 1. The lowest BCUT2D eigenvalue weighted by Gasteiger charge is -2.13. The van der Waals surface area contributed by atoms with Gasteiger partial charge in [-0.3, -0.25) is 4.79 Å². The van der Waals surface area contributed by atoms with E-state index in [9.17, 15) is 13.2 Å². The number of benzene rings is 1. The summed E-state index contributed by atoms with van der Waals surface area (Å²) in [7, 11) is 1.53. The van der Waals surface area contributed by atoms with Gasteiger partial charge >= 0.3 is 0 Å². The van der Waals surface area contributed by atoms with Crippen LogP contribution in [0.2, 0.25) is 0 Å². The van der Waals surface area contributed by atoms with E-state index in [1.54, 1.807) is 19.9 Å². The first-order valence-electron chi connectivity index (χ1n) is 6.71. The van der Waals surface area contributed by atoms with Crippen LogP contribution >= 0.6 is 10.7 Å². The van der Waals surface area contributed by atoms with Gasteiger partial charge in [0.15, 0.2) is 0 Å². The summed E-state index contributed by atoms with van der Waals surface area (Å²) in [5, 5.41) is 2.82. The number of carbonyl (C=O) groups excluding carboxylic acids is 1. The van der Waals surface area contributed by atoms with Crippen LogP contribution in [-0.2, 0) is 13.8 Å². The second kappa shape index (κ2) is 6.34. The largest absolute Gasteiger partial charge is 0.381 e. The average Bonchev–Trinajstić information content (AvgIpc) is 2.87. The maximum Gasteiger partial charge on any atom is 0.261 e. The van der Waals surface area contributed by atoms with E-state index in [1.165, 1.54) is 6.07 Å². The van der Waals surface area contributed by atoms with Gasteiger partial charge in [-0.25, -0.2) is 8.42 Å². The molecule has 1 aromatic carbocycles. The number of hydrogen-bond acceptors (Lipinski definition) is 4. The lowest BCUT2D eigenvalue weighted by molar-refractivity contribution is 0.0944. The fraction of sp³-hybridized carbons (Fsp3) is 0.500. The van der Waals surface area contributed by atoms with Crippen LogP contribution in [0.1, 0.15) is 27.9 Å². The molecule has 1 aromatic rings. The SMILES string of the molecule is Cc1cc(C)c(S(=O)(=O)Cl)cc1C(=O)NCC1CCOC1. The first-order chi connectivity index (χ1) is 9.79. The predicted molar refractivity (Wildman–Crippen MR) is 80.2 cm³/mol. The van der Waals surface area contributed by atoms with E-state index >= 15 is 0 Å². The number of aryl methyl sites for hydroxylation is 2. The van der Waals surface area contributed by atoms with Gasteiger partial charge in [0.25, 0.3) is 15.0 Å². The summed E-state index contributed by atoms with van der Waals surface area (Å²) in [5.74, 6) is 0.0249. The van der Waals surface area contributed by atoms with Crippen molar-refractivity contribution in [3.05, 3.63) is 28.8 Å². The molecule has 1 unspecified atom stereocenters. The molecule has 5 nitrogen and oxygen atoms in total. The first kappa shape index (κ1) is 16.3. The zero-order valence-corrected chi connectivity index (χ0v) is 13.6. The highest BCUT2D eigenvalue weighted by molar-refractivity contribution is 8.13. The van der Waals surface area contributed by atoms with Gasteiger partial charge < -0.3 is 10.1 Å². The molecular weight excluding hydrogens is 314 g/mol. The van der Waals surface area contributed by atoms with Gasteiger partial charge in [-0.15, -0.1) is 0 Å². The van der Waals surface area contributed by atoms with Crippen LogP contribution in [-0.4, -0.2) is 34.1 Å². The third-order valence-electron chi connectivity index (χ3n) is 3.60. The number of rotatable bonds is 4. The summed E-state index contributed by atoms with van der Waals surface area (Å²) in [6, 6.07) is 3.00. The normalized spacial score (nSPS) is 18.7. The Labute approximate surface area is 129 Å². The highest BCUT2D eigenvalue weighted by atomic mass is 35.7. The topological polar surface area (TPSA) is 72.5 Å². The number of halogens is 1. The van der Waals surface area contributed by atoms with Crippen LogP contribution in [0.3, 0.4) is 0 Å². The van der Waals surface area contributed by atoms with Gasteiger partial charge in [-0.1, -0.05) is 6.07 Å². The lowest BCUT2D eigenvalue weighted by Crippen LogP contribution is -2.30. The molecule has 0 radical (unpaired) electrons. The van der Waals surface area contributed by atoms with E-state index in [0.717, 1.165) is 18.6 Å². The monoisotopic (exact) mass is 331 g/mol. The quantitative estimate of drug-likeness (QED) is 0.856. The standard InChI is InChI=1S/C14H18ClNO4S/c1-9-5-10(2)13(21(15,18)19)6-12(9)14(17)16-7-11-3-4-20-8-11/h5-6,11H,3-4,7-8H2,1-2H3,(H,16,17). The van der Waals surface area contributed by atoms with Gasteiger partial charge in [-0.05, 0) is 37.5 Å². The van der Waals surface area contributed by atoms with Crippen molar-refractivity contribution in [2.45, 2.75) is 25.2 Å². The molecule has 1 N–H and O–H groups in total. The molecule has 2 rings (SSSR count). The zero-order valence-electron chi connectivity index (χ0n) is 12.0. The third kappa shape index (κ3) is 3.96. The first-order valence-corrected chi connectivity index (χ1v) is 9.02. The van der Waals surface area contributed by atoms with Gasteiger partial charge in [0, 0.05) is 35.3 Å².